The van der Waals surface area contributed by atoms with Crippen LogP contribution in [0.25, 0.3) is 5.69 Å². The number of benzene rings is 3. The van der Waals surface area contributed by atoms with Gasteiger partial charge in [0.2, 0.25) is 5.91 Å². The molecule has 1 saturated heterocycles. The lowest BCUT2D eigenvalue weighted by atomic mass is 9.89. The van der Waals surface area contributed by atoms with Crippen molar-refractivity contribution < 1.29 is 14.4 Å². The van der Waals surface area contributed by atoms with Crippen molar-refractivity contribution in [3.63, 3.8) is 0 Å². The Balaban J connectivity index is 1.15. The second-order valence-electron chi connectivity index (χ2n) is 13.3. The van der Waals surface area contributed by atoms with E-state index in [2.05, 4.69) is 37.5 Å². The molecule has 0 aliphatic carbocycles. The van der Waals surface area contributed by atoms with Gasteiger partial charge in [0.15, 0.2) is 5.78 Å². The summed E-state index contributed by atoms with van der Waals surface area (Å²) in [6, 6.07) is 26.8. The molecule has 240 valence electrons. The molecule has 8 heteroatoms. The number of urea groups is 1. The first-order valence-corrected chi connectivity index (χ1v) is 16.3. The number of carbonyl (C=O) groups excluding carboxylic acids is 3. The van der Waals surface area contributed by atoms with E-state index in [1.807, 2.05) is 90.7 Å². The zero-order chi connectivity index (χ0) is 32.7. The number of Topliss-reactive ketones (excluding diaryl/α,β-unsaturated/α-hetero) is 1. The predicted octanol–water partition coefficient (Wildman–Crippen LogP) is 7.96. The van der Waals surface area contributed by atoms with E-state index in [-0.39, 0.29) is 23.1 Å². The van der Waals surface area contributed by atoms with Crippen molar-refractivity contribution in [1.82, 2.24) is 14.7 Å². The van der Waals surface area contributed by atoms with E-state index in [4.69, 9.17) is 5.10 Å². The summed E-state index contributed by atoms with van der Waals surface area (Å²) < 4.78 is 1.78. The number of likely N-dealkylation sites (tertiary alicyclic amines) is 1. The van der Waals surface area contributed by atoms with E-state index < -0.39 is 0 Å². The molecule has 3 amide bonds. The summed E-state index contributed by atoms with van der Waals surface area (Å²) in [5, 5.41) is 10.9. The topological polar surface area (TPSA) is 96.3 Å². The molecule has 46 heavy (non-hydrogen) atoms. The van der Waals surface area contributed by atoms with E-state index >= 15 is 0 Å². The van der Waals surface area contributed by atoms with E-state index in [9.17, 15) is 14.4 Å². The zero-order valence-corrected chi connectivity index (χ0v) is 27.4. The minimum atomic E-state index is -0.327. The van der Waals surface area contributed by atoms with E-state index in [0.717, 1.165) is 47.5 Å². The standard InChI is InChI=1S/C38H45N5O3/c1-27-17-19-31(20-18-27)43-35(26-34(41-43)38(2,3)4)40-37(46)39-32-14-9-8-13-30(32)25-28-21-23-42(24-22-28)36(45)16-10-15-33(44)29-11-6-5-7-12-29/h5-9,11-14,17-20,26,28H,10,15-16,21-25H2,1-4H3,(H2,39,40,46). The van der Waals surface area contributed by atoms with Crippen molar-refractivity contribution in [2.75, 3.05) is 23.7 Å². The van der Waals surface area contributed by atoms with Crippen molar-refractivity contribution >= 4 is 29.2 Å². The largest absolute Gasteiger partial charge is 0.343 e. The summed E-state index contributed by atoms with van der Waals surface area (Å²) in [6.45, 7) is 9.77. The van der Waals surface area contributed by atoms with E-state index in [0.29, 0.717) is 49.7 Å². The van der Waals surface area contributed by atoms with Crippen LogP contribution in [0, 0.1) is 12.8 Å². The minimum Gasteiger partial charge on any atom is -0.343 e. The van der Waals surface area contributed by atoms with Crippen LogP contribution < -0.4 is 10.6 Å². The molecule has 3 aromatic carbocycles. The number of hydrogen-bond donors (Lipinski definition) is 2. The van der Waals surface area contributed by atoms with Gasteiger partial charge in [-0.1, -0.05) is 87.0 Å². The minimum absolute atomic E-state index is 0.0830. The van der Waals surface area contributed by atoms with Crippen LogP contribution in [0.4, 0.5) is 16.3 Å². The van der Waals surface area contributed by atoms with Crippen molar-refractivity contribution in [3.8, 4) is 5.69 Å². The maximum absolute atomic E-state index is 13.3. The molecule has 8 nitrogen and oxygen atoms in total. The molecule has 0 bridgehead atoms. The van der Waals surface area contributed by atoms with Crippen LogP contribution in [-0.2, 0) is 16.6 Å². The number of aryl methyl sites for hydroxylation is 1. The van der Waals surface area contributed by atoms with Crippen molar-refractivity contribution in [1.29, 1.82) is 0 Å². The number of para-hydroxylation sites is 1. The molecule has 2 N–H and O–H groups in total. The molecule has 5 rings (SSSR count). The van der Waals surface area contributed by atoms with E-state index in [1.54, 1.807) is 4.68 Å². The smallest absolute Gasteiger partial charge is 0.324 e. The van der Waals surface area contributed by atoms with E-state index in [1.165, 1.54) is 0 Å². The summed E-state index contributed by atoms with van der Waals surface area (Å²) >= 11 is 0. The maximum Gasteiger partial charge on any atom is 0.324 e. The van der Waals surface area contributed by atoms with Gasteiger partial charge in [0.1, 0.15) is 5.82 Å². The average Bonchev–Trinajstić information content (AvgIpc) is 3.47. The molecule has 0 unspecified atom stereocenters. The van der Waals surface area contributed by atoms with Crippen molar-refractivity contribution in [2.24, 2.45) is 5.92 Å². The Hall–Kier alpha value is -4.72. The molecule has 1 aliphatic rings. The fraction of sp³-hybridized carbons (Fsp3) is 0.368. The summed E-state index contributed by atoms with van der Waals surface area (Å²) in [6.07, 6.45) is 3.97. The van der Waals surface area contributed by atoms with Crippen molar-refractivity contribution in [3.05, 3.63) is 107 Å². The lowest BCUT2D eigenvalue weighted by Crippen LogP contribution is -2.38. The number of anilines is 2. The highest BCUT2D eigenvalue weighted by molar-refractivity contribution is 6.00. The lowest BCUT2D eigenvalue weighted by molar-refractivity contribution is -0.132. The Morgan fingerprint density at radius 3 is 2.22 bits per heavy atom. The SMILES string of the molecule is Cc1ccc(-n2nc(C(C)(C)C)cc2NC(=O)Nc2ccccc2CC2CCN(C(=O)CCCC(=O)c3ccccc3)CC2)cc1. The second-order valence-corrected chi connectivity index (χ2v) is 13.3. The molecule has 2 heterocycles. The number of ketones is 1. The number of hydrogen-bond acceptors (Lipinski definition) is 4. The highest BCUT2D eigenvalue weighted by Crippen LogP contribution is 2.28. The van der Waals surface area contributed by atoms with Gasteiger partial charge < -0.3 is 10.2 Å². The van der Waals surface area contributed by atoms with Gasteiger partial charge in [0.25, 0.3) is 0 Å². The first-order chi connectivity index (χ1) is 22.1. The Morgan fingerprint density at radius 2 is 1.52 bits per heavy atom. The fourth-order valence-corrected chi connectivity index (χ4v) is 5.83. The molecule has 0 saturated carbocycles. The Bertz CT molecular complexity index is 1650. The highest BCUT2D eigenvalue weighted by Gasteiger charge is 2.25. The normalized spacial score (nSPS) is 13.8. The van der Waals surface area contributed by atoms with Gasteiger partial charge in [-0.15, -0.1) is 0 Å². The van der Waals surface area contributed by atoms with Gasteiger partial charge in [-0.25, -0.2) is 9.48 Å². The Kier molecular flexibility index (Phi) is 10.4. The third kappa shape index (κ3) is 8.50. The Morgan fingerprint density at radius 1 is 0.848 bits per heavy atom. The number of carbonyl (C=O) groups is 3. The number of rotatable bonds is 10. The monoisotopic (exact) mass is 619 g/mol. The van der Waals surface area contributed by atoms with Crippen molar-refractivity contribution in [2.45, 2.75) is 71.6 Å². The number of aromatic nitrogens is 2. The molecule has 4 aromatic rings. The molecule has 1 fully saturated rings. The number of nitrogens with one attached hydrogen (secondary N) is 2. The van der Waals surface area contributed by atoms with Crippen LogP contribution in [0.1, 0.15) is 80.1 Å². The maximum atomic E-state index is 13.3. The zero-order valence-electron chi connectivity index (χ0n) is 27.4. The summed E-state index contributed by atoms with van der Waals surface area (Å²) in [5.41, 5.74) is 5.28. The van der Waals surface area contributed by atoms with Gasteiger partial charge in [-0.3, -0.25) is 14.9 Å². The van der Waals surface area contributed by atoms with Crippen LogP contribution >= 0.6 is 0 Å². The summed E-state index contributed by atoms with van der Waals surface area (Å²) in [5.74, 6) is 1.22. The second kappa shape index (κ2) is 14.6. The summed E-state index contributed by atoms with van der Waals surface area (Å²) in [7, 11) is 0. The molecular weight excluding hydrogens is 574 g/mol. The Labute approximate surface area is 272 Å². The van der Waals surface area contributed by atoms with Crippen LogP contribution in [0.5, 0.6) is 0 Å². The lowest BCUT2D eigenvalue weighted by Gasteiger charge is -2.32. The quantitative estimate of drug-likeness (QED) is 0.176. The summed E-state index contributed by atoms with van der Waals surface area (Å²) in [4.78, 5) is 40.5. The van der Waals surface area contributed by atoms with Crippen LogP contribution in [0.3, 0.4) is 0 Å². The number of piperidine rings is 1. The van der Waals surface area contributed by atoms with Gasteiger partial charge in [-0.05, 0) is 62.3 Å². The number of amides is 3. The molecule has 0 spiro atoms. The van der Waals surface area contributed by atoms with Crippen LogP contribution in [-0.4, -0.2) is 45.5 Å². The van der Waals surface area contributed by atoms with Gasteiger partial charge >= 0.3 is 6.03 Å². The molecule has 1 aromatic heterocycles. The van der Waals surface area contributed by atoms with Gasteiger partial charge in [-0.2, -0.15) is 5.10 Å². The first-order valence-electron chi connectivity index (χ1n) is 16.3. The number of nitrogens with zero attached hydrogens (tertiary/aromatic N) is 3. The molecule has 0 atom stereocenters. The van der Waals surface area contributed by atoms with Gasteiger partial charge in [0, 0.05) is 48.7 Å². The third-order valence-corrected chi connectivity index (χ3v) is 8.63. The fourth-order valence-electron chi connectivity index (χ4n) is 5.83. The average molecular weight is 620 g/mol. The predicted molar refractivity (Wildman–Crippen MR) is 184 cm³/mol. The van der Waals surface area contributed by atoms with Gasteiger partial charge in [0.05, 0.1) is 11.4 Å². The molecule has 0 radical (unpaired) electrons. The van der Waals surface area contributed by atoms with Crippen LogP contribution in [0.2, 0.25) is 0 Å². The van der Waals surface area contributed by atoms with Crippen LogP contribution in [0.15, 0.2) is 84.9 Å². The highest BCUT2D eigenvalue weighted by atomic mass is 16.2. The molecule has 1 aliphatic heterocycles. The third-order valence-electron chi connectivity index (χ3n) is 8.63. The molecular formula is C38H45N5O3. The first kappa shape index (κ1) is 32.7.